The van der Waals surface area contributed by atoms with Crippen LogP contribution in [0.3, 0.4) is 0 Å². The molecule has 0 aliphatic rings. The minimum Gasteiger partial charge on any atom is -0.316 e. The van der Waals surface area contributed by atoms with E-state index in [-0.39, 0.29) is 0 Å². The highest BCUT2D eigenvalue weighted by Crippen LogP contribution is 2.03. The van der Waals surface area contributed by atoms with Crippen LogP contribution in [0.1, 0.15) is 11.3 Å². The van der Waals surface area contributed by atoms with Crippen molar-refractivity contribution in [3.8, 4) is 0 Å². The van der Waals surface area contributed by atoms with Crippen molar-refractivity contribution in [1.29, 1.82) is 0 Å². The molecular formula is C9H15N3. The van der Waals surface area contributed by atoms with E-state index >= 15 is 0 Å². The molecule has 0 aliphatic heterocycles. The molecule has 1 heterocycles. The minimum absolute atomic E-state index is 0.831. The number of nitrogens with one attached hydrogen (secondary N) is 2. The summed E-state index contributed by atoms with van der Waals surface area (Å²) < 4.78 is 0. The summed E-state index contributed by atoms with van der Waals surface area (Å²) in [7, 11) is 3.87. The first-order valence-electron chi connectivity index (χ1n) is 4.10. The van der Waals surface area contributed by atoms with Crippen molar-refractivity contribution in [2.75, 3.05) is 14.1 Å². The van der Waals surface area contributed by atoms with Crippen LogP contribution in [0, 0.1) is 0 Å². The van der Waals surface area contributed by atoms with Gasteiger partial charge in [-0.15, -0.1) is 0 Å². The predicted molar refractivity (Wildman–Crippen MR) is 49.8 cm³/mol. The van der Waals surface area contributed by atoms with Crippen LogP contribution in [0.25, 0.3) is 0 Å². The van der Waals surface area contributed by atoms with Crippen LogP contribution in [0.5, 0.6) is 0 Å². The lowest BCUT2D eigenvalue weighted by molar-refractivity contribution is 0.744. The molecule has 0 saturated carbocycles. The molecule has 1 aromatic heterocycles. The zero-order chi connectivity index (χ0) is 8.81. The normalized spacial score (nSPS) is 10.2. The highest BCUT2D eigenvalue weighted by atomic mass is 14.9. The summed E-state index contributed by atoms with van der Waals surface area (Å²) in [6.07, 6.45) is 1.83. The first-order chi connectivity index (χ1) is 5.88. The molecular weight excluding hydrogens is 150 g/mol. The Morgan fingerprint density at radius 3 is 2.67 bits per heavy atom. The molecule has 0 unspecified atom stereocenters. The van der Waals surface area contributed by atoms with Crippen molar-refractivity contribution in [2.45, 2.75) is 13.1 Å². The predicted octanol–water partition coefficient (Wildman–Crippen LogP) is 0.520. The lowest BCUT2D eigenvalue weighted by Gasteiger charge is -2.06. The number of aromatic nitrogens is 1. The Morgan fingerprint density at radius 1 is 1.25 bits per heavy atom. The average Bonchev–Trinajstić information content (AvgIpc) is 2.09. The quantitative estimate of drug-likeness (QED) is 0.683. The summed E-state index contributed by atoms with van der Waals surface area (Å²) in [6, 6.07) is 4.06. The molecule has 1 rings (SSSR count). The van der Waals surface area contributed by atoms with Gasteiger partial charge in [-0.1, -0.05) is 6.07 Å². The number of hydrogen-bond donors (Lipinski definition) is 2. The smallest absolute Gasteiger partial charge is 0.0586 e. The minimum atomic E-state index is 0.831. The van der Waals surface area contributed by atoms with E-state index in [2.05, 4.69) is 21.7 Å². The number of rotatable bonds is 4. The van der Waals surface area contributed by atoms with E-state index in [1.807, 2.05) is 26.4 Å². The summed E-state index contributed by atoms with van der Waals surface area (Å²) in [5.41, 5.74) is 2.38. The van der Waals surface area contributed by atoms with Gasteiger partial charge in [0.25, 0.3) is 0 Å². The Hall–Kier alpha value is -0.930. The molecule has 2 N–H and O–H groups in total. The lowest BCUT2D eigenvalue weighted by Crippen LogP contribution is -2.13. The molecule has 12 heavy (non-hydrogen) atoms. The summed E-state index contributed by atoms with van der Waals surface area (Å²) in [5, 5.41) is 6.21. The zero-order valence-electron chi connectivity index (χ0n) is 7.59. The monoisotopic (exact) mass is 165 g/mol. The third-order valence-electron chi connectivity index (χ3n) is 1.70. The third kappa shape index (κ3) is 2.29. The van der Waals surface area contributed by atoms with Gasteiger partial charge in [-0.2, -0.15) is 0 Å². The van der Waals surface area contributed by atoms with Gasteiger partial charge in [0.05, 0.1) is 5.69 Å². The first kappa shape index (κ1) is 9.16. The molecule has 0 aromatic carbocycles. The standard InChI is InChI=1S/C9H15N3/c1-10-6-8-4-3-5-12-9(8)7-11-2/h3-5,10-11H,6-7H2,1-2H3. The van der Waals surface area contributed by atoms with Crippen LogP contribution in [-0.2, 0) is 13.1 Å². The van der Waals surface area contributed by atoms with Gasteiger partial charge in [-0.05, 0) is 25.7 Å². The van der Waals surface area contributed by atoms with Crippen LogP contribution in [0.2, 0.25) is 0 Å². The Morgan fingerprint density at radius 2 is 2.00 bits per heavy atom. The van der Waals surface area contributed by atoms with Gasteiger partial charge in [0.2, 0.25) is 0 Å². The van der Waals surface area contributed by atoms with Gasteiger partial charge in [0.15, 0.2) is 0 Å². The fraction of sp³-hybridized carbons (Fsp3) is 0.444. The summed E-state index contributed by atoms with van der Waals surface area (Å²) in [4.78, 5) is 4.28. The van der Waals surface area contributed by atoms with Crippen molar-refractivity contribution in [2.24, 2.45) is 0 Å². The average molecular weight is 165 g/mol. The van der Waals surface area contributed by atoms with E-state index in [0.717, 1.165) is 18.8 Å². The molecule has 0 bridgehead atoms. The SMILES string of the molecule is CNCc1cccnc1CNC. The molecule has 1 aromatic rings. The van der Waals surface area contributed by atoms with Crippen molar-refractivity contribution in [3.05, 3.63) is 29.6 Å². The number of pyridine rings is 1. The molecule has 0 radical (unpaired) electrons. The molecule has 0 spiro atoms. The molecule has 0 saturated heterocycles. The molecule has 0 atom stereocenters. The van der Waals surface area contributed by atoms with Gasteiger partial charge in [0.1, 0.15) is 0 Å². The van der Waals surface area contributed by atoms with Crippen molar-refractivity contribution in [1.82, 2.24) is 15.6 Å². The maximum atomic E-state index is 4.28. The van der Waals surface area contributed by atoms with Gasteiger partial charge >= 0.3 is 0 Å². The highest BCUT2D eigenvalue weighted by Gasteiger charge is 1.99. The topological polar surface area (TPSA) is 37.0 Å². The molecule has 3 heteroatoms. The van der Waals surface area contributed by atoms with Crippen LogP contribution < -0.4 is 10.6 Å². The first-order valence-corrected chi connectivity index (χ1v) is 4.10. The van der Waals surface area contributed by atoms with E-state index < -0.39 is 0 Å². The van der Waals surface area contributed by atoms with E-state index in [4.69, 9.17) is 0 Å². The van der Waals surface area contributed by atoms with E-state index in [0.29, 0.717) is 0 Å². The highest BCUT2D eigenvalue weighted by molar-refractivity contribution is 5.19. The van der Waals surface area contributed by atoms with Crippen LogP contribution in [0.4, 0.5) is 0 Å². The van der Waals surface area contributed by atoms with Gasteiger partial charge < -0.3 is 10.6 Å². The maximum absolute atomic E-state index is 4.28. The third-order valence-corrected chi connectivity index (χ3v) is 1.70. The largest absolute Gasteiger partial charge is 0.316 e. The van der Waals surface area contributed by atoms with Crippen LogP contribution in [0.15, 0.2) is 18.3 Å². The zero-order valence-corrected chi connectivity index (χ0v) is 7.59. The van der Waals surface area contributed by atoms with E-state index in [1.165, 1.54) is 5.56 Å². The Bertz CT molecular complexity index is 210. The molecule has 0 fully saturated rings. The summed E-state index contributed by atoms with van der Waals surface area (Å²) >= 11 is 0. The Kier molecular flexibility index (Phi) is 3.70. The fourth-order valence-electron chi connectivity index (χ4n) is 1.15. The lowest BCUT2D eigenvalue weighted by atomic mass is 10.2. The second-order valence-corrected chi connectivity index (χ2v) is 2.67. The fourth-order valence-corrected chi connectivity index (χ4v) is 1.15. The maximum Gasteiger partial charge on any atom is 0.0586 e. The second kappa shape index (κ2) is 4.85. The van der Waals surface area contributed by atoms with Gasteiger partial charge in [0, 0.05) is 19.3 Å². The number of hydrogen-bond acceptors (Lipinski definition) is 3. The van der Waals surface area contributed by atoms with Crippen molar-refractivity contribution in [3.63, 3.8) is 0 Å². The van der Waals surface area contributed by atoms with E-state index in [9.17, 15) is 0 Å². The van der Waals surface area contributed by atoms with Crippen molar-refractivity contribution < 1.29 is 0 Å². The summed E-state index contributed by atoms with van der Waals surface area (Å²) in [5.74, 6) is 0. The van der Waals surface area contributed by atoms with Crippen LogP contribution in [-0.4, -0.2) is 19.1 Å². The van der Waals surface area contributed by atoms with Gasteiger partial charge in [-0.25, -0.2) is 0 Å². The summed E-state index contributed by atoms with van der Waals surface area (Å²) in [6.45, 7) is 1.71. The second-order valence-electron chi connectivity index (χ2n) is 2.67. The van der Waals surface area contributed by atoms with E-state index in [1.54, 1.807) is 0 Å². The molecule has 66 valence electrons. The Balaban J connectivity index is 2.77. The van der Waals surface area contributed by atoms with Crippen LogP contribution >= 0.6 is 0 Å². The number of nitrogens with zero attached hydrogens (tertiary/aromatic N) is 1. The van der Waals surface area contributed by atoms with Crippen molar-refractivity contribution >= 4 is 0 Å². The van der Waals surface area contributed by atoms with Gasteiger partial charge in [-0.3, -0.25) is 4.98 Å². The molecule has 0 aliphatic carbocycles. The Labute approximate surface area is 73.2 Å². The molecule has 0 amide bonds. The molecule has 3 nitrogen and oxygen atoms in total.